The number of ether oxygens (including phenoxy) is 1. The number of nitrogens with two attached hydrogens (primary N) is 1. The topological polar surface area (TPSA) is 111 Å². The van der Waals surface area contributed by atoms with Crippen LogP contribution in [-0.4, -0.2) is 21.4 Å². The van der Waals surface area contributed by atoms with E-state index in [1.165, 1.54) is 30.6 Å². The summed E-state index contributed by atoms with van der Waals surface area (Å²) < 4.78 is 29.1. The van der Waals surface area contributed by atoms with E-state index in [0.29, 0.717) is 16.3 Å². The minimum atomic E-state index is -3.86. The minimum absolute atomic E-state index is 0.258. The summed E-state index contributed by atoms with van der Waals surface area (Å²) in [5, 5.41) is 9.30. The Morgan fingerprint density at radius 3 is 2.67 bits per heavy atom. The molecule has 0 saturated heterocycles. The van der Waals surface area contributed by atoms with Gasteiger partial charge in [0.2, 0.25) is 0 Å². The van der Waals surface area contributed by atoms with E-state index in [1.54, 1.807) is 23.6 Å². The maximum atomic E-state index is 12.1. The number of hydrogen-bond acceptors (Lipinski definition) is 5. The van der Waals surface area contributed by atoms with Gasteiger partial charge >= 0.3 is 0 Å². The highest BCUT2D eigenvalue weighted by molar-refractivity contribution is 7.90. The highest BCUT2D eigenvalue weighted by Crippen LogP contribution is 2.26. The predicted octanol–water partition coefficient (Wildman–Crippen LogP) is 1.62. The third kappa shape index (κ3) is 4.18. The largest absolute Gasteiger partial charge is 0.495 e. The number of nitrogens with one attached hydrogen (secondary N) is 2. The number of amides is 1. The summed E-state index contributed by atoms with van der Waals surface area (Å²) in [6, 6.07) is 7.90. The Hall–Kier alpha value is -2.10. The Bertz CT molecular complexity index is 755. The number of hydrogen-bond donors (Lipinski definition) is 3. The Morgan fingerprint density at radius 1 is 1.29 bits per heavy atom. The van der Waals surface area contributed by atoms with E-state index >= 15 is 0 Å². The van der Waals surface area contributed by atoms with Gasteiger partial charge in [-0.2, -0.15) is 8.42 Å². The summed E-state index contributed by atoms with van der Waals surface area (Å²) in [6.07, 6.45) is 0. The van der Waals surface area contributed by atoms with Gasteiger partial charge in [-0.05, 0) is 29.6 Å². The van der Waals surface area contributed by atoms with Crippen LogP contribution in [0.4, 0.5) is 11.4 Å². The molecule has 1 aromatic heterocycles. The predicted molar refractivity (Wildman–Crippen MR) is 82.0 cm³/mol. The monoisotopic (exact) mass is 327 g/mol. The molecule has 1 heterocycles. The third-order valence-corrected chi connectivity index (χ3v) is 3.85. The second-order valence-corrected chi connectivity index (χ2v) is 6.21. The first kappa shape index (κ1) is 15.3. The van der Waals surface area contributed by atoms with Crippen LogP contribution in [0.15, 0.2) is 35.7 Å². The van der Waals surface area contributed by atoms with E-state index in [0.717, 1.165) is 0 Å². The van der Waals surface area contributed by atoms with Gasteiger partial charge in [-0.25, -0.2) is 5.14 Å². The zero-order valence-corrected chi connectivity index (χ0v) is 12.6. The fraction of sp³-hybridized carbons (Fsp3) is 0.0833. The average molecular weight is 327 g/mol. The van der Waals surface area contributed by atoms with Crippen molar-refractivity contribution in [2.75, 3.05) is 17.1 Å². The van der Waals surface area contributed by atoms with Crippen LogP contribution in [0.5, 0.6) is 5.75 Å². The molecule has 9 heteroatoms. The molecule has 21 heavy (non-hydrogen) atoms. The lowest BCUT2D eigenvalue weighted by molar-refractivity contribution is 0.102. The second-order valence-electron chi connectivity index (χ2n) is 4.00. The van der Waals surface area contributed by atoms with Crippen molar-refractivity contribution in [1.29, 1.82) is 0 Å². The first-order chi connectivity index (χ1) is 9.89. The van der Waals surface area contributed by atoms with Crippen LogP contribution in [-0.2, 0) is 10.2 Å². The van der Waals surface area contributed by atoms with E-state index in [4.69, 9.17) is 9.88 Å². The molecule has 0 aliphatic heterocycles. The molecule has 2 rings (SSSR count). The van der Waals surface area contributed by atoms with Crippen LogP contribution in [0.2, 0.25) is 0 Å². The molecule has 0 bridgehead atoms. The molecule has 0 atom stereocenters. The molecular formula is C12H13N3O4S2. The number of carbonyl (C=O) groups excluding carboxylic acids is 1. The van der Waals surface area contributed by atoms with Crippen LogP contribution in [0.1, 0.15) is 9.67 Å². The number of methoxy groups -OCH3 is 1. The molecule has 0 saturated carbocycles. The molecule has 0 aliphatic rings. The van der Waals surface area contributed by atoms with Crippen molar-refractivity contribution in [3.8, 4) is 5.75 Å². The van der Waals surface area contributed by atoms with E-state index in [9.17, 15) is 13.2 Å². The molecule has 1 amide bonds. The maximum absolute atomic E-state index is 12.1. The molecule has 0 spiro atoms. The summed E-state index contributed by atoms with van der Waals surface area (Å²) >= 11 is 1.25. The molecule has 0 unspecified atom stereocenters. The van der Waals surface area contributed by atoms with Gasteiger partial charge in [0.1, 0.15) is 10.6 Å². The molecule has 0 radical (unpaired) electrons. The lowest BCUT2D eigenvalue weighted by atomic mass is 10.3. The van der Waals surface area contributed by atoms with Crippen LogP contribution in [0.25, 0.3) is 0 Å². The summed E-state index contributed by atoms with van der Waals surface area (Å²) in [6.45, 7) is 0. The summed E-state index contributed by atoms with van der Waals surface area (Å²) in [5.41, 5.74) is 0.692. The molecule has 2 aromatic rings. The van der Waals surface area contributed by atoms with E-state index < -0.39 is 10.2 Å². The van der Waals surface area contributed by atoms with Crippen molar-refractivity contribution >= 4 is 38.8 Å². The molecule has 0 aliphatic carbocycles. The molecule has 1 aromatic carbocycles. The minimum Gasteiger partial charge on any atom is -0.495 e. The molecule has 4 N–H and O–H groups in total. The first-order valence-electron chi connectivity index (χ1n) is 5.72. The van der Waals surface area contributed by atoms with Gasteiger partial charge in [0.25, 0.3) is 16.1 Å². The van der Waals surface area contributed by atoms with Gasteiger partial charge in [-0.3, -0.25) is 9.52 Å². The lowest BCUT2D eigenvalue weighted by Crippen LogP contribution is -2.21. The fourth-order valence-electron chi connectivity index (χ4n) is 1.64. The van der Waals surface area contributed by atoms with Crippen LogP contribution >= 0.6 is 11.3 Å². The number of carbonyl (C=O) groups is 1. The fourth-order valence-corrected chi connectivity index (χ4v) is 2.85. The van der Waals surface area contributed by atoms with Gasteiger partial charge < -0.3 is 10.1 Å². The highest BCUT2D eigenvalue weighted by atomic mass is 32.2. The van der Waals surface area contributed by atoms with Crippen molar-refractivity contribution in [3.63, 3.8) is 0 Å². The zero-order valence-electron chi connectivity index (χ0n) is 11.0. The maximum Gasteiger partial charge on any atom is 0.296 e. The van der Waals surface area contributed by atoms with Gasteiger partial charge in [0, 0.05) is 5.69 Å². The molecular weight excluding hydrogens is 314 g/mol. The van der Waals surface area contributed by atoms with Crippen molar-refractivity contribution in [2.45, 2.75) is 0 Å². The second kappa shape index (κ2) is 6.12. The van der Waals surface area contributed by atoms with Gasteiger partial charge in [0.05, 0.1) is 12.8 Å². The smallest absolute Gasteiger partial charge is 0.296 e. The number of rotatable bonds is 5. The van der Waals surface area contributed by atoms with Crippen LogP contribution < -0.4 is 19.9 Å². The van der Waals surface area contributed by atoms with Gasteiger partial charge in [0.15, 0.2) is 0 Å². The molecule has 0 fully saturated rings. The molecule has 112 valence electrons. The average Bonchev–Trinajstić information content (AvgIpc) is 2.85. The van der Waals surface area contributed by atoms with Crippen LogP contribution in [0.3, 0.4) is 0 Å². The number of thiophene rings is 1. The normalized spacial score (nSPS) is 11.0. The Kier molecular flexibility index (Phi) is 4.46. The van der Waals surface area contributed by atoms with Crippen molar-refractivity contribution < 1.29 is 17.9 Å². The SMILES string of the molecule is COc1ccsc1C(=O)Nc1cccc(NS(N)(=O)=O)c1. The highest BCUT2D eigenvalue weighted by Gasteiger charge is 2.14. The summed E-state index contributed by atoms with van der Waals surface area (Å²) in [7, 11) is -2.38. The number of anilines is 2. The van der Waals surface area contributed by atoms with E-state index in [2.05, 4.69) is 10.0 Å². The van der Waals surface area contributed by atoms with Crippen molar-refractivity contribution in [3.05, 3.63) is 40.6 Å². The Labute approximate surface area is 125 Å². The third-order valence-electron chi connectivity index (χ3n) is 2.44. The first-order valence-corrected chi connectivity index (χ1v) is 8.15. The standard InChI is InChI=1S/C12H13N3O4S2/c1-19-10-5-6-20-11(10)12(16)14-8-3-2-4-9(7-8)15-21(13,17)18/h2-7,15H,1H3,(H,14,16)(H2,13,17,18). The van der Waals surface area contributed by atoms with Crippen LogP contribution in [0, 0.1) is 0 Å². The van der Waals surface area contributed by atoms with E-state index in [-0.39, 0.29) is 11.6 Å². The Balaban J connectivity index is 2.16. The molecule has 7 nitrogen and oxygen atoms in total. The quantitative estimate of drug-likeness (QED) is 0.775. The van der Waals surface area contributed by atoms with Crippen molar-refractivity contribution in [1.82, 2.24) is 0 Å². The van der Waals surface area contributed by atoms with Gasteiger partial charge in [-0.15, -0.1) is 11.3 Å². The zero-order chi connectivity index (χ0) is 15.5. The summed E-state index contributed by atoms with van der Waals surface area (Å²) in [4.78, 5) is 12.5. The Morgan fingerprint density at radius 2 is 2.00 bits per heavy atom. The lowest BCUT2D eigenvalue weighted by Gasteiger charge is -2.08. The van der Waals surface area contributed by atoms with Crippen molar-refractivity contribution in [2.24, 2.45) is 5.14 Å². The van der Waals surface area contributed by atoms with E-state index in [1.807, 2.05) is 0 Å². The summed E-state index contributed by atoms with van der Waals surface area (Å²) in [5.74, 6) is 0.144. The van der Waals surface area contributed by atoms with Gasteiger partial charge in [-0.1, -0.05) is 6.07 Å². The number of benzene rings is 1.